The summed E-state index contributed by atoms with van der Waals surface area (Å²) in [7, 11) is -1.55. The summed E-state index contributed by atoms with van der Waals surface area (Å²) < 4.78 is 12.8. The molecule has 0 spiro atoms. The van der Waals surface area contributed by atoms with Gasteiger partial charge in [-0.2, -0.15) is 4.31 Å². The number of carbonyl (C=O) groups excluding carboxylic acids is 2. The number of amides is 2. The monoisotopic (exact) mass is 251 g/mol. The highest BCUT2D eigenvalue weighted by molar-refractivity contribution is 7.83. The van der Waals surface area contributed by atoms with E-state index in [1.807, 2.05) is 6.92 Å². The molecular weight excluding hydrogens is 238 g/mol. The largest absolute Gasteiger partial charge is 0.273 e. The molecule has 2 amide bonds. The Morgan fingerprint density at radius 1 is 1.12 bits per heavy atom. The fourth-order valence-electron chi connectivity index (χ4n) is 1.71. The van der Waals surface area contributed by atoms with Crippen molar-refractivity contribution in [1.29, 1.82) is 0 Å². The second-order valence-electron chi connectivity index (χ2n) is 3.83. The van der Waals surface area contributed by atoms with Gasteiger partial charge in [-0.05, 0) is 18.6 Å². The normalized spacial score (nSPS) is 16.2. The van der Waals surface area contributed by atoms with Crippen molar-refractivity contribution in [3.05, 3.63) is 35.4 Å². The van der Waals surface area contributed by atoms with Crippen LogP contribution < -0.4 is 0 Å². The third-order valence-electron chi connectivity index (χ3n) is 2.63. The summed E-state index contributed by atoms with van der Waals surface area (Å²) in [5.74, 6) is -0.540. The molecular formula is C12H13NO3S. The summed E-state index contributed by atoms with van der Waals surface area (Å²) in [6.45, 7) is 1.97. The van der Waals surface area contributed by atoms with Gasteiger partial charge in [-0.3, -0.25) is 9.59 Å². The van der Waals surface area contributed by atoms with Crippen molar-refractivity contribution >= 4 is 22.8 Å². The first-order valence-electron chi connectivity index (χ1n) is 5.53. The zero-order valence-electron chi connectivity index (χ0n) is 9.51. The van der Waals surface area contributed by atoms with Crippen LogP contribution >= 0.6 is 0 Å². The minimum absolute atomic E-state index is 0.349. The minimum Gasteiger partial charge on any atom is -0.268 e. The van der Waals surface area contributed by atoms with Gasteiger partial charge in [0.05, 0.1) is 11.1 Å². The molecule has 1 aromatic rings. The summed E-state index contributed by atoms with van der Waals surface area (Å²) in [4.78, 5) is 23.8. The van der Waals surface area contributed by atoms with Crippen LogP contribution in [0.15, 0.2) is 24.3 Å². The van der Waals surface area contributed by atoms with Gasteiger partial charge in [0.1, 0.15) is 11.0 Å². The highest BCUT2D eigenvalue weighted by atomic mass is 32.2. The van der Waals surface area contributed by atoms with E-state index in [0.29, 0.717) is 16.9 Å². The quantitative estimate of drug-likeness (QED) is 0.766. The van der Waals surface area contributed by atoms with Crippen LogP contribution in [0.2, 0.25) is 0 Å². The number of hydrogen-bond acceptors (Lipinski definition) is 3. The van der Waals surface area contributed by atoms with E-state index < -0.39 is 22.8 Å². The Labute approximate surface area is 102 Å². The standard InChI is InChI=1S/C12H13NO3S/c1-2-3-8-17(16)13-11(14)9-6-4-5-7-10(9)12(13)15/h4-7H,2-3,8H2,1H3. The van der Waals surface area contributed by atoms with E-state index in [-0.39, 0.29) is 0 Å². The van der Waals surface area contributed by atoms with Crippen molar-refractivity contribution in [3.8, 4) is 0 Å². The first-order chi connectivity index (χ1) is 8.16. The van der Waals surface area contributed by atoms with Gasteiger partial charge in [-0.15, -0.1) is 0 Å². The van der Waals surface area contributed by atoms with Crippen molar-refractivity contribution in [2.45, 2.75) is 19.8 Å². The number of carbonyl (C=O) groups is 2. The lowest BCUT2D eigenvalue weighted by atomic mass is 10.1. The molecule has 0 aromatic heterocycles. The van der Waals surface area contributed by atoms with Crippen LogP contribution in [0.5, 0.6) is 0 Å². The molecule has 5 heteroatoms. The fraction of sp³-hybridized carbons (Fsp3) is 0.333. The van der Waals surface area contributed by atoms with Gasteiger partial charge >= 0.3 is 0 Å². The van der Waals surface area contributed by atoms with Crippen molar-refractivity contribution < 1.29 is 13.8 Å². The van der Waals surface area contributed by atoms with E-state index in [0.717, 1.165) is 17.1 Å². The molecule has 17 heavy (non-hydrogen) atoms. The topological polar surface area (TPSA) is 54.5 Å². The Kier molecular flexibility index (Phi) is 3.38. The van der Waals surface area contributed by atoms with Gasteiger partial charge < -0.3 is 0 Å². The van der Waals surface area contributed by atoms with Crippen LogP contribution in [0.1, 0.15) is 40.5 Å². The smallest absolute Gasteiger partial charge is 0.268 e. The average molecular weight is 251 g/mol. The first kappa shape index (κ1) is 12.0. The molecule has 90 valence electrons. The van der Waals surface area contributed by atoms with Crippen molar-refractivity contribution in [1.82, 2.24) is 4.31 Å². The molecule has 1 unspecified atom stereocenters. The van der Waals surface area contributed by atoms with E-state index >= 15 is 0 Å². The number of fused-ring (bicyclic) bond motifs is 1. The number of benzene rings is 1. The van der Waals surface area contributed by atoms with Gasteiger partial charge in [-0.1, -0.05) is 25.5 Å². The number of unbranched alkanes of at least 4 members (excludes halogenated alkanes) is 1. The van der Waals surface area contributed by atoms with Gasteiger partial charge in [0.15, 0.2) is 0 Å². The fourth-order valence-corrected chi connectivity index (χ4v) is 3.00. The Bertz CT molecular complexity index is 463. The predicted molar refractivity (Wildman–Crippen MR) is 64.9 cm³/mol. The van der Waals surface area contributed by atoms with Gasteiger partial charge in [-0.25, -0.2) is 4.21 Å². The van der Waals surface area contributed by atoms with Crippen molar-refractivity contribution in [3.63, 3.8) is 0 Å². The second-order valence-corrected chi connectivity index (χ2v) is 5.25. The molecule has 0 bridgehead atoms. The minimum atomic E-state index is -1.55. The lowest BCUT2D eigenvalue weighted by molar-refractivity contribution is 0.0771. The molecule has 0 saturated carbocycles. The first-order valence-corrected chi connectivity index (χ1v) is 6.80. The molecule has 0 saturated heterocycles. The molecule has 4 nitrogen and oxygen atoms in total. The number of rotatable bonds is 4. The summed E-state index contributed by atoms with van der Waals surface area (Å²) in [6.07, 6.45) is 1.62. The van der Waals surface area contributed by atoms with Gasteiger partial charge in [0.25, 0.3) is 11.8 Å². The van der Waals surface area contributed by atoms with Crippen LogP contribution in [0.3, 0.4) is 0 Å². The molecule has 1 aromatic carbocycles. The Morgan fingerprint density at radius 2 is 1.65 bits per heavy atom. The summed E-state index contributed by atoms with van der Waals surface area (Å²) in [6, 6.07) is 6.57. The Morgan fingerprint density at radius 3 is 2.12 bits per heavy atom. The molecule has 0 radical (unpaired) electrons. The van der Waals surface area contributed by atoms with Crippen LogP contribution in [-0.4, -0.2) is 26.1 Å². The van der Waals surface area contributed by atoms with Crippen LogP contribution in [0, 0.1) is 0 Å². The van der Waals surface area contributed by atoms with E-state index in [1.165, 1.54) is 0 Å². The maximum atomic E-state index is 11.9. The maximum Gasteiger partial charge on any atom is 0.273 e. The van der Waals surface area contributed by atoms with Crippen LogP contribution in [-0.2, 0) is 11.0 Å². The predicted octanol–water partition coefficient (Wildman–Crippen LogP) is 1.75. The van der Waals surface area contributed by atoms with Crippen molar-refractivity contribution in [2.24, 2.45) is 0 Å². The molecule has 1 heterocycles. The average Bonchev–Trinajstić information content (AvgIpc) is 2.60. The second kappa shape index (κ2) is 4.79. The van der Waals surface area contributed by atoms with E-state index in [9.17, 15) is 13.8 Å². The molecule has 2 rings (SSSR count). The van der Waals surface area contributed by atoms with E-state index in [2.05, 4.69) is 0 Å². The zero-order chi connectivity index (χ0) is 12.4. The molecule has 0 aliphatic carbocycles. The van der Waals surface area contributed by atoms with Crippen LogP contribution in [0.4, 0.5) is 0 Å². The lowest BCUT2D eigenvalue weighted by Crippen LogP contribution is -2.33. The van der Waals surface area contributed by atoms with E-state index in [1.54, 1.807) is 24.3 Å². The molecule has 1 atom stereocenters. The highest BCUT2D eigenvalue weighted by Gasteiger charge is 2.38. The van der Waals surface area contributed by atoms with Gasteiger partial charge in [0.2, 0.25) is 0 Å². The molecule has 1 aliphatic heterocycles. The number of hydrogen-bond donors (Lipinski definition) is 0. The third kappa shape index (κ3) is 2.02. The number of nitrogens with zero attached hydrogens (tertiary/aromatic N) is 1. The lowest BCUT2D eigenvalue weighted by Gasteiger charge is -2.11. The third-order valence-corrected chi connectivity index (χ3v) is 4.01. The maximum absolute atomic E-state index is 11.9. The SMILES string of the molecule is CCCCS(=O)N1C(=O)c2ccccc2C1=O. The zero-order valence-corrected chi connectivity index (χ0v) is 10.3. The molecule has 0 N–H and O–H groups in total. The molecule has 1 aliphatic rings. The van der Waals surface area contributed by atoms with Gasteiger partial charge in [0, 0.05) is 5.75 Å². The van der Waals surface area contributed by atoms with Crippen molar-refractivity contribution in [2.75, 3.05) is 5.75 Å². The Balaban J connectivity index is 2.27. The summed E-state index contributed by atoms with van der Waals surface area (Å²) >= 11 is 0. The molecule has 0 fully saturated rings. The Hall–Kier alpha value is -1.49. The highest BCUT2D eigenvalue weighted by Crippen LogP contribution is 2.23. The number of imide groups is 1. The van der Waals surface area contributed by atoms with E-state index in [4.69, 9.17) is 0 Å². The summed E-state index contributed by atoms with van der Waals surface area (Å²) in [5, 5.41) is 0. The van der Waals surface area contributed by atoms with Crippen LogP contribution in [0.25, 0.3) is 0 Å². The summed E-state index contributed by atoms with van der Waals surface area (Å²) in [5.41, 5.74) is 0.699.